The molecule has 0 N–H and O–H groups in total. The van der Waals surface area contributed by atoms with E-state index in [1.54, 1.807) is 6.92 Å². The lowest BCUT2D eigenvalue weighted by Crippen LogP contribution is -2.54. The van der Waals surface area contributed by atoms with Gasteiger partial charge in [0.1, 0.15) is 6.10 Å². The molecular weight excluding hydrogens is 364 g/mol. The predicted molar refractivity (Wildman–Crippen MR) is 112 cm³/mol. The first-order valence-electron chi connectivity index (χ1n) is 12.0. The Balaban J connectivity index is 1.51. The summed E-state index contributed by atoms with van der Waals surface area (Å²) >= 11 is 0. The van der Waals surface area contributed by atoms with Crippen LogP contribution >= 0.6 is 0 Å². The quantitative estimate of drug-likeness (QED) is 0.592. The molecule has 4 nitrogen and oxygen atoms in total. The van der Waals surface area contributed by atoms with Crippen molar-refractivity contribution in [1.29, 1.82) is 0 Å². The van der Waals surface area contributed by atoms with Gasteiger partial charge in [-0.15, -0.1) is 0 Å². The fraction of sp³-hybridized carbons (Fsp3) is 0.920. The van der Waals surface area contributed by atoms with E-state index in [1.807, 2.05) is 0 Å². The van der Waals surface area contributed by atoms with Gasteiger partial charge >= 0.3 is 11.9 Å². The van der Waals surface area contributed by atoms with E-state index in [-0.39, 0.29) is 29.4 Å². The molecule has 4 rings (SSSR count). The summed E-state index contributed by atoms with van der Waals surface area (Å²) in [6.07, 6.45) is 11.0. The lowest BCUT2D eigenvalue weighted by Gasteiger charge is -2.61. The van der Waals surface area contributed by atoms with Crippen LogP contribution in [0.4, 0.5) is 0 Å². The Morgan fingerprint density at radius 3 is 2.31 bits per heavy atom. The zero-order valence-electron chi connectivity index (χ0n) is 19.0. The van der Waals surface area contributed by atoms with E-state index in [4.69, 9.17) is 9.47 Å². The third-order valence-corrected chi connectivity index (χ3v) is 10.2. The highest BCUT2D eigenvalue weighted by molar-refractivity contribution is 5.72. The van der Waals surface area contributed by atoms with E-state index in [1.165, 1.54) is 52.1 Å². The topological polar surface area (TPSA) is 52.6 Å². The number of carbonyl (C=O) groups excluding carboxylic acids is 2. The minimum absolute atomic E-state index is 0.0117. The minimum atomic E-state index is -0.127. The maximum atomic E-state index is 12.3. The van der Waals surface area contributed by atoms with Gasteiger partial charge < -0.3 is 9.47 Å². The van der Waals surface area contributed by atoms with Gasteiger partial charge in [-0.05, 0) is 98.2 Å². The first-order valence-corrected chi connectivity index (χ1v) is 12.0. The van der Waals surface area contributed by atoms with Gasteiger partial charge in [0, 0.05) is 6.92 Å². The van der Waals surface area contributed by atoms with Gasteiger partial charge in [-0.3, -0.25) is 9.59 Å². The van der Waals surface area contributed by atoms with Crippen LogP contribution in [0.1, 0.15) is 85.5 Å². The number of rotatable bonds is 3. The molecule has 0 amide bonds. The molecule has 0 heterocycles. The van der Waals surface area contributed by atoms with Crippen LogP contribution in [0.15, 0.2) is 0 Å². The Morgan fingerprint density at radius 2 is 1.62 bits per heavy atom. The van der Waals surface area contributed by atoms with Gasteiger partial charge in [0.25, 0.3) is 0 Å². The molecule has 0 aromatic carbocycles. The Morgan fingerprint density at radius 1 is 0.931 bits per heavy atom. The van der Waals surface area contributed by atoms with Crippen molar-refractivity contribution in [2.75, 3.05) is 7.11 Å². The number of fused-ring (bicyclic) bond motifs is 5. The van der Waals surface area contributed by atoms with Crippen LogP contribution in [0.3, 0.4) is 0 Å². The zero-order chi connectivity index (χ0) is 21.0. The summed E-state index contributed by atoms with van der Waals surface area (Å²) in [5.74, 6) is 3.36. The van der Waals surface area contributed by atoms with Crippen molar-refractivity contribution in [2.45, 2.75) is 91.6 Å². The molecule has 4 aliphatic carbocycles. The van der Waals surface area contributed by atoms with Crippen LogP contribution in [0, 0.1) is 46.3 Å². The number of ether oxygens (including phenoxy) is 2. The van der Waals surface area contributed by atoms with Gasteiger partial charge in [-0.25, -0.2) is 0 Å². The lowest BCUT2D eigenvalue weighted by atomic mass is 9.44. The van der Waals surface area contributed by atoms with Crippen molar-refractivity contribution in [3.05, 3.63) is 0 Å². The normalized spacial score (nSPS) is 47.3. The maximum Gasteiger partial charge on any atom is 0.308 e. The minimum Gasteiger partial charge on any atom is -0.469 e. The Labute approximate surface area is 176 Å². The summed E-state index contributed by atoms with van der Waals surface area (Å²) in [5.41, 5.74) is 0.680. The molecule has 0 spiro atoms. The molecule has 0 bridgehead atoms. The molecule has 4 aliphatic rings. The Hall–Kier alpha value is -1.06. The van der Waals surface area contributed by atoms with Gasteiger partial charge in [-0.2, -0.15) is 0 Å². The van der Waals surface area contributed by atoms with Crippen LogP contribution in [0.5, 0.6) is 0 Å². The third kappa shape index (κ3) is 3.33. The Kier molecular flexibility index (Phi) is 5.53. The molecule has 4 saturated carbocycles. The molecule has 0 aromatic heterocycles. The smallest absolute Gasteiger partial charge is 0.308 e. The highest BCUT2D eigenvalue weighted by atomic mass is 16.5. The molecule has 29 heavy (non-hydrogen) atoms. The van der Waals surface area contributed by atoms with E-state index < -0.39 is 0 Å². The summed E-state index contributed by atoms with van der Waals surface area (Å²) in [4.78, 5) is 23.7. The maximum absolute atomic E-state index is 12.3. The van der Waals surface area contributed by atoms with Gasteiger partial charge in [0.2, 0.25) is 0 Å². The van der Waals surface area contributed by atoms with E-state index in [9.17, 15) is 9.59 Å². The SMILES string of the molecule is COC(=O)C(C)C1CCC2C3CCC4CC(OC(C)=O)CCC4(C)C3CCC12C. The van der Waals surface area contributed by atoms with Crippen LogP contribution in [-0.2, 0) is 19.1 Å². The summed E-state index contributed by atoms with van der Waals surface area (Å²) in [6.45, 7) is 8.66. The van der Waals surface area contributed by atoms with Crippen LogP contribution < -0.4 is 0 Å². The molecule has 4 heteroatoms. The largest absolute Gasteiger partial charge is 0.469 e. The number of esters is 2. The van der Waals surface area contributed by atoms with Crippen molar-refractivity contribution >= 4 is 11.9 Å². The molecule has 0 saturated heterocycles. The fourth-order valence-electron chi connectivity index (χ4n) is 8.77. The number of methoxy groups -OCH3 is 1. The Bertz CT molecular complexity index is 659. The summed E-state index contributed by atoms with van der Waals surface area (Å²) in [6, 6.07) is 0. The third-order valence-electron chi connectivity index (χ3n) is 10.2. The summed E-state index contributed by atoms with van der Waals surface area (Å²) in [5, 5.41) is 0. The van der Waals surface area contributed by atoms with Crippen molar-refractivity contribution in [1.82, 2.24) is 0 Å². The number of carbonyl (C=O) groups is 2. The highest BCUT2D eigenvalue weighted by Gasteiger charge is 2.61. The van der Waals surface area contributed by atoms with Crippen LogP contribution in [0.2, 0.25) is 0 Å². The van der Waals surface area contributed by atoms with E-state index in [0.29, 0.717) is 17.3 Å². The van der Waals surface area contributed by atoms with Crippen LogP contribution in [0.25, 0.3) is 0 Å². The average molecular weight is 405 g/mol. The van der Waals surface area contributed by atoms with Gasteiger partial charge in [0.15, 0.2) is 0 Å². The lowest BCUT2D eigenvalue weighted by molar-refractivity contribution is -0.161. The van der Waals surface area contributed by atoms with Gasteiger partial charge in [0.05, 0.1) is 13.0 Å². The monoisotopic (exact) mass is 404 g/mol. The second kappa shape index (κ2) is 7.57. The number of hydrogen-bond donors (Lipinski definition) is 0. The van der Waals surface area contributed by atoms with E-state index in [2.05, 4.69) is 20.8 Å². The molecule has 9 atom stereocenters. The average Bonchev–Trinajstić information content (AvgIpc) is 3.03. The van der Waals surface area contributed by atoms with Crippen molar-refractivity contribution in [3.63, 3.8) is 0 Å². The second-order valence-electron chi connectivity index (χ2n) is 11.2. The first kappa shape index (κ1) is 21.2. The van der Waals surface area contributed by atoms with Crippen molar-refractivity contribution in [2.24, 2.45) is 46.3 Å². The molecule has 0 aromatic rings. The predicted octanol–water partition coefficient (Wildman–Crippen LogP) is 5.39. The van der Waals surface area contributed by atoms with E-state index in [0.717, 1.165) is 30.6 Å². The van der Waals surface area contributed by atoms with Crippen molar-refractivity contribution in [3.8, 4) is 0 Å². The molecule has 9 unspecified atom stereocenters. The zero-order valence-corrected chi connectivity index (χ0v) is 19.0. The van der Waals surface area contributed by atoms with Crippen LogP contribution in [-0.4, -0.2) is 25.2 Å². The molecule has 164 valence electrons. The van der Waals surface area contributed by atoms with Gasteiger partial charge in [-0.1, -0.05) is 20.8 Å². The standard InChI is InChI=1S/C25H40O4/c1-15(23(27)28-5)20-8-9-21-19-7-6-17-14-18(29-16(2)26)10-12-24(17,3)22(19)11-13-25(20,21)4/h15,17-22H,6-14H2,1-5H3. The summed E-state index contributed by atoms with van der Waals surface area (Å²) in [7, 11) is 1.53. The fourth-order valence-corrected chi connectivity index (χ4v) is 8.77. The molecular formula is C25H40O4. The molecule has 0 radical (unpaired) electrons. The van der Waals surface area contributed by atoms with Crippen molar-refractivity contribution < 1.29 is 19.1 Å². The molecule has 0 aliphatic heterocycles. The van der Waals surface area contributed by atoms with E-state index >= 15 is 0 Å². The highest BCUT2D eigenvalue weighted by Crippen LogP contribution is 2.68. The summed E-state index contributed by atoms with van der Waals surface area (Å²) < 4.78 is 10.7. The molecule has 4 fully saturated rings. The first-order chi connectivity index (χ1) is 13.7. The number of hydrogen-bond acceptors (Lipinski definition) is 4. The second-order valence-corrected chi connectivity index (χ2v) is 11.2.